The lowest BCUT2D eigenvalue weighted by Gasteiger charge is -2.15. The first-order valence-corrected chi connectivity index (χ1v) is 7.02. The Bertz CT molecular complexity index is 719. The van der Waals surface area contributed by atoms with Gasteiger partial charge in [-0.15, -0.1) is 0 Å². The lowest BCUT2D eigenvalue weighted by atomic mass is 10.1. The van der Waals surface area contributed by atoms with E-state index in [1.54, 1.807) is 18.2 Å². The van der Waals surface area contributed by atoms with Crippen LogP contribution in [0.4, 0.5) is 5.69 Å². The molecule has 0 aliphatic carbocycles. The van der Waals surface area contributed by atoms with Crippen molar-refractivity contribution >= 4 is 11.6 Å². The van der Waals surface area contributed by atoms with Crippen molar-refractivity contribution < 1.29 is 28.8 Å². The van der Waals surface area contributed by atoms with Crippen molar-refractivity contribution in [2.75, 3.05) is 33.8 Å². The first-order valence-electron chi connectivity index (χ1n) is 7.02. The normalized spacial score (nSPS) is 10.0. The maximum atomic E-state index is 12.4. The molecule has 0 aliphatic heterocycles. The number of carbonyl (C=O) groups excluding carboxylic acids is 1. The lowest BCUT2D eigenvalue weighted by Crippen LogP contribution is -2.12. The van der Waals surface area contributed by atoms with Gasteiger partial charge in [0.15, 0.2) is 11.5 Å². The van der Waals surface area contributed by atoms with E-state index in [0.717, 1.165) is 0 Å². The molecule has 0 aromatic heterocycles. The average Bonchev–Trinajstić information content (AvgIpc) is 2.60. The molecule has 0 spiro atoms. The first-order chi connectivity index (χ1) is 11.5. The van der Waals surface area contributed by atoms with E-state index in [2.05, 4.69) is 5.32 Å². The molecule has 0 bridgehead atoms. The van der Waals surface area contributed by atoms with Gasteiger partial charge in [0.2, 0.25) is 5.75 Å². The summed E-state index contributed by atoms with van der Waals surface area (Å²) in [6.07, 6.45) is 0. The van der Waals surface area contributed by atoms with Crippen LogP contribution in [-0.2, 0) is 0 Å². The van der Waals surface area contributed by atoms with Gasteiger partial charge in [-0.3, -0.25) is 4.79 Å². The third-order valence-corrected chi connectivity index (χ3v) is 3.37. The maximum absolute atomic E-state index is 12.4. The van der Waals surface area contributed by atoms with E-state index in [-0.39, 0.29) is 11.3 Å². The zero-order valence-corrected chi connectivity index (χ0v) is 13.9. The Morgan fingerprint density at radius 2 is 1.54 bits per heavy atom. The summed E-state index contributed by atoms with van der Waals surface area (Å²) in [5, 5.41) is 12.6. The summed E-state index contributed by atoms with van der Waals surface area (Å²) in [4.78, 5) is 12.4. The van der Waals surface area contributed by atoms with Gasteiger partial charge in [-0.1, -0.05) is 0 Å². The van der Waals surface area contributed by atoms with Crippen molar-refractivity contribution in [1.82, 2.24) is 0 Å². The number of aromatic hydroxyl groups is 1. The van der Waals surface area contributed by atoms with Gasteiger partial charge in [0.05, 0.1) is 34.0 Å². The quantitative estimate of drug-likeness (QED) is 0.845. The van der Waals surface area contributed by atoms with Crippen molar-refractivity contribution in [2.45, 2.75) is 0 Å². The number of phenolic OH excluding ortho intramolecular Hbond substituents is 1. The van der Waals surface area contributed by atoms with Crippen molar-refractivity contribution in [3.8, 4) is 28.7 Å². The minimum atomic E-state index is -0.499. The fourth-order valence-electron chi connectivity index (χ4n) is 2.18. The Morgan fingerprint density at radius 3 is 2.04 bits per heavy atom. The SMILES string of the molecule is COc1ccc(O)c(C(=O)Nc2cc(OC)c(OC)c(OC)c2)c1. The third kappa shape index (κ3) is 3.45. The van der Waals surface area contributed by atoms with E-state index in [1.165, 1.54) is 40.6 Å². The minimum absolute atomic E-state index is 0.0862. The molecule has 7 heteroatoms. The van der Waals surface area contributed by atoms with Crippen molar-refractivity contribution in [1.29, 1.82) is 0 Å². The third-order valence-electron chi connectivity index (χ3n) is 3.37. The molecule has 128 valence electrons. The Labute approximate surface area is 139 Å². The molecule has 0 radical (unpaired) electrons. The van der Waals surface area contributed by atoms with E-state index >= 15 is 0 Å². The molecule has 2 N–H and O–H groups in total. The van der Waals surface area contributed by atoms with Crippen LogP contribution in [0.3, 0.4) is 0 Å². The van der Waals surface area contributed by atoms with Crippen LogP contribution >= 0.6 is 0 Å². The van der Waals surface area contributed by atoms with Crippen LogP contribution in [0.15, 0.2) is 30.3 Å². The second-order valence-corrected chi connectivity index (χ2v) is 4.75. The summed E-state index contributed by atoms with van der Waals surface area (Å²) in [6.45, 7) is 0. The summed E-state index contributed by atoms with van der Waals surface area (Å²) in [7, 11) is 5.94. The molecular formula is C17H19NO6. The van der Waals surface area contributed by atoms with E-state index in [4.69, 9.17) is 18.9 Å². The van der Waals surface area contributed by atoms with Gasteiger partial charge in [-0.25, -0.2) is 0 Å². The molecule has 24 heavy (non-hydrogen) atoms. The van der Waals surface area contributed by atoms with E-state index in [0.29, 0.717) is 28.7 Å². The number of amides is 1. The van der Waals surface area contributed by atoms with Crippen molar-refractivity contribution in [3.63, 3.8) is 0 Å². The van der Waals surface area contributed by atoms with E-state index in [9.17, 15) is 9.90 Å². The zero-order chi connectivity index (χ0) is 17.7. The standard InChI is InChI=1S/C17H19NO6/c1-21-11-5-6-13(19)12(9-11)17(20)18-10-7-14(22-2)16(24-4)15(8-10)23-3/h5-9,19H,1-4H3,(H,18,20). The molecule has 7 nitrogen and oxygen atoms in total. The van der Waals surface area contributed by atoms with Crippen molar-refractivity contribution in [3.05, 3.63) is 35.9 Å². The highest BCUT2D eigenvalue weighted by molar-refractivity contribution is 6.06. The number of phenols is 1. The molecule has 2 rings (SSSR count). The number of hydrogen-bond acceptors (Lipinski definition) is 6. The van der Waals surface area contributed by atoms with Crippen LogP contribution in [0.25, 0.3) is 0 Å². The van der Waals surface area contributed by atoms with Gasteiger partial charge in [0.1, 0.15) is 11.5 Å². The van der Waals surface area contributed by atoms with Crippen LogP contribution < -0.4 is 24.3 Å². The monoisotopic (exact) mass is 333 g/mol. The topological polar surface area (TPSA) is 86.3 Å². The van der Waals surface area contributed by atoms with Crippen LogP contribution in [0.5, 0.6) is 28.7 Å². The van der Waals surface area contributed by atoms with Gasteiger partial charge in [0.25, 0.3) is 5.91 Å². The molecule has 0 aliphatic rings. The van der Waals surface area contributed by atoms with Gasteiger partial charge in [-0.2, -0.15) is 0 Å². The fraction of sp³-hybridized carbons (Fsp3) is 0.235. The maximum Gasteiger partial charge on any atom is 0.259 e. The average molecular weight is 333 g/mol. The van der Waals surface area contributed by atoms with Gasteiger partial charge < -0.3 is 29.4 Å². The highest BCUT2D eigenvalue weighted by atomic mass is 16.5. The Balaban J connectivity index is 2.35. The number of hydrogen-bond donors (Lipinski definition) is 2. The molecule has 0 heterocycles. The number of ether oxygens (including phenoxy) is 4. The van der Waals surface area contributed by atoms with Crippen LogP contribution in [0, 0.1) is 0 Å². The number of carbonyl (C=O) groups is 1. The molecule has 2 aromatic rings. The number of benzene rings is 2. The first kappa shape index (κ1) is 17.3. The molecule has 0 saturated carbocycles. The molecule has 2 aromatic carbocycles. The molecule has 0 unspecified atom stereocenters. The number of rotatable bonds is 6. The number of anilines is 1. The van der Waals surface area contributed by atoms with Crippen molar-refractivity contribution in [2.24, 2.45) is 0 Å². The molecule has 0 saturated heterocycles. The number of methoxy groups -OCH3 is 4. The summed E-state index contributed by atoms with van der Waals surface area (Å²) in [5.41, 5.74) is 0.514. The Morgan fingerprint density at radius 1 is 0.917 bits per heavy atom. The van der Waals surface area contributed by atoms with Gasteiger partial charge >= 0.3 is 0 Å². The zero-order valence-electron chi connectivity index (χ0n) is 13.9. The highest BCUT2D eigenvalue weighted by Gasteiger charge is 2.17. The predicted octanol–water partition coefficient (Wildman–Crippen LogP) is 2.68. The fourth-order valence-corrected chi connectivity index (χ4v) is 2.18. The Kier molecular flexibility index (Phi) is 5.36. The van der Waals surface area contributed by atoms with E-state index < -0.39 is 5.91 Å². The molecule has 0 atom stereocenters. The largest absolute Gasteiger partial charge is 0.507 e. The minimum Gasteiger partial charge on any atom is -0.507 e. The molecular weight excluding hydrogens is 314 g/mol. The second kappa shape index (κ2) is 7.45. The smallest absolute Gasteiger partial charge is 0.259 e. The summed E-state index contributed by atoms with van der Waals surface area (Å²) < 4.78 is 20.8. The lowest BCUT2D eigenvalue weighted by molar-refractivity contribution is 0.102. The van der Waals surface area contributed by atoms with Crippen LogP contribution in [0.2, 0.25) is 0 Å². The predicted molar refractivity (Wildman–Crippen MR) is 88.7 cm³/mol. The van der Waals surface area contributed by atoms with E-state index in [1.807, 2.05) is 0 Å². The Hall–Kier alpha value is -3.09. The summed E-state index contributed by atoms with van der Waals surface area (Å²) in [5.74, 6) is 1.04. The summed E-state index contributed by atoms with van der Waals surface area (Å²) in [6, 6.07) is 7.59. The molecule has 0 fully saturated rings. The highest BCUT2D eigenvalue weighted by Crippen LogP contribution is 2.40. The van der Waals surface area contributed by atoms with Crippen LogP contribution in [0.1, 0.15) is 10.4 Å². The van der Waals surface area contributed by atoms with Gasteiger partial charge in [-0.05, 0) is 18.2 Å². The van der Waals surface area contributed by atoms with Gasteiger partial charge in [0, 0.05) is 17.8 Å². The second-order valence-electron chi connectivity index (χ2n) is 4.75. The van der Waals surface area contributed by atoms with Crippen LogP contribution in [-0.4, -0.2) is 39.5 Å². The molecule has 1 amide bonds. The number of nitrogens with one attached hydrogen (secondary N) is 1. The summed E-state index contributed by atoms with van der Waals surface area (Å²) >= 11 is 0.